The number of fused-ring (bicyclic) bond motifs is 1. The second kappa shape index (κ2) is 10.3. The van der Waals surface area contributed by atoms with Crippen molar-refractivity contribution in [3.8, 4) is 0 Å². The normalized spacial score (nSPS) is 15.5. The summed E-state index contributed by atoms with van der Waals surface area (Å²) in [5.41, 5.74) is 3.53. The van der Waals surface area contributed by atoms with Gasteiger partial charge in [-0.15, -0.1) is 0 Å². The van der Waals surface area contributed by atoms with Crippen molar-refractivity contribution in [3.63, 3.8) is 0 Å². The van der Waals surface area contributed by atoms with Gasteiger partial charge in [-0.1, -0.05) is 24.3 Å². The molecule has 0 radical (unpaired) electrons. The summed E-state index contributed by atoms with van der Waals surface area (Å²) in [5, 5.41) is 3.89. The van der Waals surface area contributed by atoms with Crippen LogP contribution >= 0.6 is 0 Å². The van der Waals surface area contributed by atoms with E-state index in [4.69, 9.17) is 9.15 Å². The predicted octanol–water partition coefficient (Wildman–Crippen LogP) is 3.67. The fraction of sp³-hybridized carbons (Fsp3) is 0.385. The highest BCUT2D eigenvalue weighted by molar-refractivity contribution is 5.82. The van der Waals surface area contributed by atoms with Gasteiger partial charge < -0.3 is 14.5 Å². The summed E-state index contributed by atoms with van der Waals surface area (Å²) < 4.78 is 24.4. The minimum Gasteiger partial charge on any atom is -0.423 e. The van der Waals surface area contributed by atoms with E-state index in [-0.39, 0.29) is 24.2 Å². The molecule has 33 heavy (non-hydrogen) atoms. The molecule has 0 saturated carbocycles. The van der Waals surface area contributed by atoms with Crippen LogP contribution in [0.1, 0.15) is 34.7 Å². The number of nitrogens with one attached hydrogen (secondary N) is 1. The number of hydrogen-bond acceptors (Lipinski definition) is 5. The first kappa shape index (κ1) is 23.1. The molecule has 2 aromatic carbocycles. The summed E-state index contributed by atoms with van der Waals surface area (Å²) in [6, 6.07) is 12.1. The minimum atomic E-state index is -0.393. The third-order valence-electron chi connectivity index (χ3n) is 6.28. The molecule has 3 aromatic rings. The maximum atomic E-state index is 13.4. The number of hydrogen-bond donors (Lipinski definition) is 1. The first-order valence-corrected chi connectivity index (χ1v) is 11.3. The predicted molar refractivity (Wildman–Crippen MR) is 125 cm³/mol. The van der Waals surface area contributed by atoms with Gasteiger partial charge in [-0.05, 0) is 55.2 Å². The molecule has 7 heteroatoms. The number of nitrogens with zero attached hydrogens (tertiary/aromatic N) is 1. The highest BCUT2D eigenvalue weighted by atomic mass is 19.1. The molecule has 0 aliphatic carbocycles. The highest BCUT2D eigenvalue weighted by Gasteiger charge is 2.23. The summed E-state index contributed by atoms with van der Waals surface area (Å²) >= 11 is 0. The van der Waals surface area contributed by atoms with Crippen LogP contribution in [0.4, 0.5) is 4.39 Å². The lowest BCUT2D eigenvalue weighted by atomic mass is 10.0. The number of amides is 1. The molecule has 0 bridgehead atoms. The second-order valence-corrected chi connectivity index (χ2v) is 8.51. The fourth-order valence-electron chi connectivity index (χ4n) is 4.36. The van der Waals surface area contributed by atoms with Gasteiger partial charge in [0.25, 0.3) is 0 Å². The van der Waals surface area contributed by atoms with Crippen LogP contribution < -0.4 is 10.9 Å². The summed E-state index contributed by atoms with van der Waals surface area (Å²) in [6.07, 6.45) is 0.491. The summed E-state index contributed by atoms with van der Waals surface area (Å²) in [7, 11) is 0. The van der Waals surface area contributed by atoms with Crippen LogP contribution in [-0.2, 0) is 16.0 Å². The second-order valence-electron chi connectivity index (χ2n) is 8.51. The topological polar surface area (TPSA) is 71.8 Å². The molecule has 1 fully saturated rings. The molecule has 1 atom stereocenters. The molecule has 1 aromatic heterocycles. The first-order valence-electron chi connectivity index (χ1n) is 11.3. The lowest BCUT2D eigenvalue weighted by Crippen LogP contribution is -2.43. The zero-order valence-corrected chi connectivity index (χ0v) is 19.0. The number of morpholine rings is 1. The average Bonchev–Trinajstić information content (AvgIpc) is 2.80. The number of carbonyl (C=O) groups is 1. The van der Waals surface area contributed by atoms with Crippen molar-refractivity contribution in [2.75, 3.05) is 32.8 Å². The smallest absolute Gasteiger partial charge is 0.339 e. The van der Waals surface area contributed by atoms with Gasteiger partial charge in [0.1, 0.15) is 11.4 Å². The first-order chi connectivity index (χ1) is 15.9. The van der Waals surface area contributed by atoms with Crippen molar-refractivity contribution in [1.29, 1.82) is 0 Å². The van der Waals surface area contributed by atoms with Crippen LogP contribution in [0, 0.1) is 19.7 Å². The van der Waals surface area contributed by atoms with Crippen molar-refractivity contribution in [2.45, 2.75) is 32.7 Å². The van der Waals surface area contributed by atoms with Crippen molar-refractivity contribution in [3.05, 3.63) is 81.0 Å². The summed E-state index contributed by atoms with van der Waals surface area (Å²) in [4.78, 5) is 27.4. The van der Waals surface area contributed by atoms with E-state index in [9.17, 15) is 14.0 Å². The molecule has 6 nitrogen and oxygen atoms in total. The van der Waals surface area contributed by atoms with Crippen LogP contribution in [0.25, 0.3) is 11.0 Å². The molecule has 1 saturated heterocycles. The van der Waals surface area contributed by atoms with E-state index in [0.717, 1.165) is 35.2 Å². The lowest BCUT2D eigenvalue weighted by molar-refractivity contribution is -0.121. The average molecular weight is 453 g/mol. The zero-order valence-electron chi connectivity index (χ0n) is 19.0. The Kier molecular flexibility index (Phi) is 7.20. The Morgan fingerprint density at radius 3 is 2.58 bits per heavy atom. The summed E-state index contributed by atoms with van der Waals surface area (Å²) in [6.45, 7) is 6.98. The van der Waals surface area contributed by atoms with Crippen molar-refractivity contribution in [2.24, 2.45) is 0 Å². The van der Waals surface area contributed by atoms with Crippen LogP contribution in [0.5, 0.6) is 0 Å². The largest absolute Gasteiger partial charge is 0.423 e. The molecule has 1 aliphatic heterocycles. The minimum absolute atomic E-state index is 0.0748. The monoisotopic (exact) mass is 452 g/mol. The Morgan fingerprint density at radius 1 is 1.12 bits per heavy atom. The molecule has 1 amide bonds. The van der Waals surface area contributed by atoms with Gasteiger partial charge in [-0.2, -0.15) is 0 Å². The lowest BCUT2D eigenvalue weighted by Gasteiger charge is -2.35. The van der Waals surface area contributed by atoms with E-state index < -0.39 is 5.63 Å². The third kappa shape index (κ3) is 5.49. The molecule has 1 aliphatic rings. The van der Waals surface area contributed by atoms with Gasteiger partial charge in [-0.25, -0.2) is 9.18 Å². The number of benzene rings is 2. The van der Waals surface area contributed by atoms with E-state index >= 15 is 0 Å². The fourth-order valence-corrected chi connectivity index (χ4v) is 4.36. The van der Waals surface area contributed by atoms with E-state index in [1.54, 1.807) is 12.1 Å². The Balaban J connectivity index is 1.43. The maximum Gasteiger partial charge on any atom is 0.339 e. The van der Waals surface area contributed by atoms with Crippen molar-refractivity contribution in [1.82, 2.24) is 10.2 Å². The van der Waals surface area contributed by atoms with Gasteiger partial charge in [0, 0.05) is 37.0 Å². The van der Waals surface area contributed by atoms with E-state index in [0.29, 0.717) is 37.3 Å². The standard InChI is InChI=1S/C26H29FN2O4/c1-17-3-8-21-18(2)22(26(31)33-24(21)15-17)9-10-25(30)28-16-23(29-11-13-32-14-12-29)19-4-6-20(27)7-5-19/h3-8,15,23H,9-14,16H2,1-2H3,(H,28,30)/t23-/m0/s1. The van der Waals surface area contributed by atoms with Crippen LogP contribution in [0.3, 0.4) is 0 Å². The molecule has 0 unspecified atom stereocenters. The SMILES string of the molecule is Cc1ccc2c(C)c(CCC(=O)NC[C@@H](c3ccc(F)cc3)N3CCOCC3)c(=O)oc2c1. The van der Waals surface area contributed by atoms with Crippen LogP contribution in [0.15, 0.2) is 51.7 Å². The molecule has 1 N–H and O–H groups in total. The Labute approximate surface area is 192 Å². The van der Waals surface area contributed by atoms with E-state index in [2.05, 4.69) is 10.2 Å². The zero-order chi connectivity index (χ0) is 23.4. The maximum absolute atomic E-state index is 13.4. The third-order valence-corrected chi connectivity index (χ3v) is 6.28. The number of ether oxygens (including phenoxy) is 1. The van der Waals surface area contributed by atoms with Crippen LogP contribution in [-0.4, -0.2) is 43.7 Å². The van der Waals surface area contributed by atoms with Gasteiger partial charge in [-0.3, -0.25) is 9.69 Å². The number of halogens is 1. The molecule has 4 rings (SSSR count). The van der Waals surface area contributed by atoms with Crippen molar-refractivity contribution >= 4 is 16.9 Å². The number of rotatable bonds is 7. The Morgan fingerprint density at radius 2 is 1.85 bits per heavy atom. The van der Waals surface area contributed by atoms with Gasteiger partial charge >= 0.3 is 5.63 Å². The van der Waals surface area contributed by atoms with E-state index in [1.165, 1.54) is 12.1 Å². The number of carbonyl (C=O) groups excluding carboxylic acids is 1. The summed E-state index contributed by atoms with van der Waals surface area (Å²) in [5.74, 6) is -0.429. The molecule has 2 heterocycles. The van der Waals surface area contributed by atoms with Gasteiger partial charge in [0.05, 0.1) is 19.3 Å². The highest BCUT2D eigenvalue weighted by Crippen LogP contribution is 2.23. The quantitative estimate of drug-likeness (QED) is 0.554. The van der Waals surface area contributed by atoms with Gasteiger partial charge in [0.15, 0.2) is 0 Å². The Hall–Kier alpha value is -3.03. The van der Waals surface area contributed by atoms with Gasteiger partial charge in [0.2, 0.25) is 5.91 Å². The Bertz CT molecular complexity index is 1180. The molecular weight excluding hydrogens is 423 g/mol. The number of aryl methyl sites for hydroxylation is 2. The van der Waals surface area contributed by atoms with Crippen molar-refractivity contribution < 1.29 is 18.3 Å². The van der Waals surface area contributed by atoms with Crippen LogP contribution in [0.2, 0.25) is 0 Å². The van der Waals surface area contributed by atoms with E-state index in [1.807, 2.05) is 32.0 Å². The molecule has 0 spiro atoms. The molecule has 174 valence electrons. The molecular formula is C26H29FN2O4.